The third-order valence-electron chi connectivity index (χ3n) is 5.09. The maximum atomic E-state index is 13.3. The van der Waals surface area contributed by atoms with Crippen molar-refractivity contribution in [2.45, 2.75) is 25.9 Å². The molecule has 0 saturated heterocycles. The minimum absolute atomic E-state index is 0.0400. The number of aryl methyl sites for hydroxylation is 1. The van der Waals surface area contributed by atoms with Gasteiger partial charge < -0.3 is 18.9 Å². The second kappa shape index (κ2) is 7.76. The van der Waals surface area contributed by atoms with Crippen LogP contribution in [0.1, 0.15) is 29.9 Å². The molecule has 28 heavy (non-hydrogen) atoms. The number of carbonyl (C=O) groups is 1. The van der Waals surface area contributed by atoms with E-state index < -0.39 is 0 Å². The van der Waals surface area contributed by atoms with Crippen LogP contribution in [0.2, 0.25) is 0 Å². The topological polar surface area (TPSA) is 56.6 Å². The summed E-state index contributed by atoms with van der Waals surface area (Å²) in [4.78, 5) is 19.6. The van der Waals surface area contributed by atoms with Crippen LogP contribution in [0.25, 0.3) is 0 Å². The Morgan fingerprint density at radius 3 is 2.71 bits per heavy atom. The van der Waals surface area contributed by atoms with Gasteiger partial charge in [0.05, 0.1) is 19.0 Å². The van der Waals surface area contributed by atoms with E-state index in [0.717, 1.165) is 22.7 Å². The third-order valence-corrected chi connectivity index (χ3v) is 5.09. The number of hydrogen-bond acceptors (Lipinski definition) is 4. The van der Waals surface area contributed by atoms with E-state index in [2.05, 4.69) is 11.9 Å². The molecule has 0 aliphatic carbocycles. The van der Waals surface area contributed by atoms with Crippen LogP contribution in [0.15, 0.2) is 60.9 Å². The molecule has 0 bridgehead atoms. The van der Waals surface area contributed by atoms with Gasteiger partial charge in [-0.15, -0.1) is 0 Å². The fraction of sp³-hybridized carbons (Fsp3) is 0.273. The minimum atomic E-state index is -0.0700. The lowest BCUT2D eigenvalue weighted by atomic mass is 10.0. The summed E-state index contributed by atoms with van der Waals surface area (Å²) in [5.41, 5.74) is 2.00. The standard InChI is InChI=1S/C22H23N3O3/c1-16(18-6-4-3-5-7-18)25(14-21-23-10-11-24(21)2)22(26)13-17-8-9-19-20(12-17)28-15-27-19/h3-12,16H,13-15H2,1-2H3/t16-/m1/s1. The number of nitrogens with zero attached hydrogens (tertiary/aromatic N) is 3. The van der Waals surface area contributed by atoms with Crippen molar-refractivity contribution in [3.63, 3.8) is 0 Å². The highest BCUT2D eigenvalue weighted by molar-refractivity contribution is 5.79. The molecule has 0 spiro atoms. The molecule has 4 rings (SSSR count). The van der Waals surface area contributed by atoms with Crippen LogP contribution in [0.5, 0.6) is 11.5 Å². The molecule has 0 unspecified atom stereocenters. The Morgan fingerprint density at radius 1 is 1.18 bits per heavy atom. The molecule has 1 atom stereocenters. The van der Waals surface area contributed by atoms with E-state index in [9.17, 15) is 4.79 Å². The second-order valence-corrected chi connectivity index (χ2v) is 6.93. The predicted molar refractivity (Wildman–Crippen MR) is 105 cm³/mol. The van der Waals surface area contributed by atoms with Crippen molar-refractivity contribution < 1.29 is 14.3 Å². The van der Waals surface area contributed by atoms with Gasteiger partial charge in [-0.05, 0) is 30.2 Å². The van der Waals surface area contributed by atoms with E-state index in [1.807, 2.05) is 71.2 Å². The number of aromatic nitrogens is 2. The highest BCUT2D eigenvalue weighted by atomic mass is 16.7. The number of ether oxygens (including phenoxy) is 2. The Balaban J connectivity index is 1.58. The van der Waals surface area contributed by atoms with Crippen LogP contribution in [0, 0.1) is 0 Å². The van der Waals surface area contributed by atoms with Crippen molar-refractivity contribution in [2.75, 3.05) is 6.79 Å². The van der Waals surface area contributed by atoms with E-state index in [4.69, 9.17) is 9.47 Å². The highest BCUT2D eigenvalue weighted by Gasteiger charge is 2.24. The van der Waals surface area contributed by atoms with Gasteiger partial charge in [0.1, 0.15) is 5.82 Å². The molecule has 6 heteroatoms. The molecule has 2 aromatic carbocycles. The van der Waals surface area contributed by atoms with E-state index in [1.165, 1.54) is 0 Å². The van der Waals surface area contributed by atoms with E-state index >= 15 is 0 Å². The van der Waals surface area contributed by atoms with Crippen molar-refractivity contribution in [1.82, 2.24) is 14.5 Å². The van der Waals surface area contributed by atoms with Crippen molar-refractivity contribution in [2.24, 2.45) is 7.05 Å². The Bertz CT molecular complexity index is 968. The van der Waals surface area contributed by atoms with Gasteiger partial charge in [0.25, 0.3) is 0 Å². The molecule has 0 N–H and O–H groups in total. The van der Waals surface area contributed by atoms with Crippen molar-refractivity contribution in [3.05, 3.63) is 77.9 Å². The first kappa shape index (κ1) is 18.1. The monoisotopic (exact) mass is 377 g/mol. The van der Waals surface area contributed by atoms with Gasteiger partial charge in [0.15, 0.2) is 11.5 Å². The average Bonchev–Trinajstić information content (AvgIpc) is 3.34. The molecular formula is C22H23N3O3. The van der Waals surface area contributed by atoms with Crippen LogP contribution in [-0.2, 0) is 24.8 Å². The van der Waals surface area contributed by atoms with Crippen molar-refractivity contribution >= 4 is 5.91 Å². The predicted octanol–water partition coefficient (Wildman–Crippen LogP) is 3.48. The maximum Gasteiger partial charge on any atom is 0.231 e. The largest absolute Gasteiger partial charge is 0.454 e. The molecule has 0 saturated carbocycles. The van der Waals surface area contributed by atoms with E-state index in [1.54, 1.807) is 6.20 Å². The number of carbonyl (C=O) groups excluding carboxylic acids is 1. The summed E-state index contributed by atoms with van der Waals surface area (Å²) in [7, 11) is 1.94. The normalized spacial score (nSPS) is 13.4. The Morgan fingerprint density at radius 2 is 1.96 bits per heavy atom. The number of imidazole rings is 1. The Labute approximate surface area is 164 Å². The summed E-state index contributed by atoms with van der Waals surface area (Å²) < 4.78 is 12.7. The first-order valence-corrected chi connectivity index (χ1v) is 9.31. The first-order chi connectivity index (χ1) is 13.6. The number of benzene rings is 2. The van der Waals surface area contributed by atoms with Crippen LogP contribution in [-0.4, -0.2) is 27.2 Å². The van der Waals surface area contributed by atoms with Gasteiger partial charge in [0.2, 0.25) is 12.7 Å². The fourth-order valence-electron chi connectivity index (χ4n) is 3.38. The third kappa shape index (κ3) is 3.71. The van der Waals surface area contributed by atoms with E-state index in [-0.39, 0.29) is 25.2 Å². The Hall–Kier alpha value is -3.28. The SMILES string of the molecule is C[C@H](c1ccccc1)N(Cc1nccn1C)C(=O)Cc1ccc2c(c1)OCO2. The van der Waals surface area contributed by atoms with Gasteiger partial charge in [0, 0.05) is 19.4 Å². The summed E-state index contributed by atoms with van der Waals surface area (Å²) in [6, 6.07) is 15.6. The lowest BCUT2D eigenvalue weighted by molar-refractivity contribution is -0.133. The molecule has 1 amide bonds. The average molecular weight is 377 g/mol. The van der Waals surface area contributed by atoms with E-state index in [0.29, 0.717) is 12.3 Å². The molecule has 2 heterocycles. The lowest BCUT2D eigenvalue weighted by Crippen LogP contribution is -2.35. The quantitative estimate of drug-likeness (QED) is 0.660. The van der Waals surface area contributed by atoms with Crippen LogP contribution < -0.4 is 9.47 Å². The van der Waals surface area contributed by atoms with Gasteiger partial charge in [-0.1, -0.05) is 36.4 Å². The summed E-state index contributed by atoms with van der Waals surface area (Å²) in [5, 5.41) is 0. The zero-order valence-electron chi connectivity index (χ0n) is 16.0. The summed E-state index contributed by atoms with van der Waals surface area (Å²) >= 11 is 0. The number of amides is 1. The first-order valence-electron chi connectivity index (χ1n) is 9.31. The smallest absolute Gasteiger partial charge is 0.231 e. The number of fused-ring (bicyclic) bond motifs is 1. The highest BCUT2D eigenvalue weighted by Crippen LogP contribution is 2.33. The molecule has 0 radical (unpaired) electrons. The number of hydrogen-bond donors (Lipinski definition) is 0. The fourth-order valence-corrected chi connectivity index (χ4v) is 3.38. The molecule has 1 aliphatic rings. The summed E-state index contributed by atoms with van der Waals surface area (Å²) in [6.45, 7) is 2.72. The van der Waals surface area contributed by atoms with Crippen LogP contribution in [0.3, 0.4) is 0 Å². The minimum Gasteiger partial charge on any atom is -0.454 e. The van der Waals surface area contributed by atoms with Gasteiger partial charge in [-0.3, -0.25) is 4.79 Å². The molecular weight excluding hydrogens is 354 g/mol. The van der Waals surface area contributed by atoms with Gasteiger partial charge in [-0.25, -0.2) is 4.98 Å². The van der Waals surface area contributed by atoms with Gasteiger partial charge in [-0.2, -0.15) is 0 Å². The second-order valence-electron chi connectivity index (χ2n) is 6.93. The van der Waals surface area contributed by atoms with Crippen LogP contribution >= 0.6 is 0 Å². The maximum absolute atomic E-state index is 13.3. The molecule has 3 aromatic rings. The van der Waals surface area contributed by atoms with Gasteiger partial charge >= 0.3 is 0 Å². The summed E-state index contributed by atoms with van der Waals surface area (Å²) in [6.07, 6.45) is 3.93. The molecule has 1 aliphatic heterocycles. The Kier molecular flexibility index (Phi) is 5.02. The molecule has 1 aromatic heterocycles. The van der Waals surface area contributed by atoms with Crippen molar-refractivity contribution in [1.29, 1.82) is 0 Å². The number of rotatable bonds is 6. The summed E-state index contributed by atoms with van der Waals surface area (Å²) in [5.74, 6) is 2.30. The molecule has 6 nitrogen and oxygen atoms in total. The van der Waals surface area contributed by atoms with Crippen molar-refractivity contribution in [3.8, 4) is 11.5 Å². The lowest BCUT2D eigenvalue weighted by Gasteiger charge is -2.29. The molecule has 0 fully saturated rings. The van der Waals surface area contributed by atoms with Crippen LogP contribution in [0.4, 0.5) is 0 Å². The zero-order chi connectivity index (χ0) is 19.5. The molecule has 144 valence electrons. The zero-order valence-corrected chi connectivity index (χ0v) is 16.0.